The summed E-state index contributed by atoms with van der Waals surface area (Å²) in [5.41, 5.74) is 2.16. The fourth-order valence-electron chi connectivity index (χ4n) is 2.53. The molecule has 5 heteroatoms. The Morgan fingerprint density at radius 3 is 2.70 bits per heavy atom. The normalized spacial score (nSPS) is 17.1. The lowest BCUT2D eigenvalue weighted by atomic mass is 10.2. The van der Waals surface area contributed by atoms with Crippen molar-refractivity contribution in [1.82, 2.24) is 10.6 Å². The van der Waals surface area contributed by atoms with Crippen LogP contribution in [0.1, 0.15) is 17.5 Å². The number of hydrogen-bond donors (Lipinski definition) is 2. The molecule has 0 saturated carbocycles. The van der Waals surface area contributed by atoms with Gasteiger partial charge in [0.25, 0.3) is 0 Å². The Kier molecular flexibility index (Phi) is 5.16. The van der Waals surface area contributed by atoms with E-state index in [1.807, 2.05) is 48.5 Å². The fraction of sp³-hybridized carbons (Fsp3) is 0.278. The van der Waals surface area contributed by atoms with Gasteiger partial charge in [-0.2, -0.15) is 0 Å². The molecule has 1 amide bonds. The number of benzene rings is 2. The van der Waals surface area contributed by atoms with Crippen LogP contribution in [-0.4, -0.2) is 18.5 Å². The molecule has 3 rings (SSSR count). The second-order valence-corrected chi connectivity index (χ2v) is 6.01. The molecule has 0 bridgehead atoms. The number of nitrogens with one attached hydrogen (secondary N) is 2. The largest absolute Gasteiger partial charge is 0.489 e. The van der Waals surface area contributed by atoms with Crippen molar-refractivity contribution >= 4 is 17.5 Å². The van der Waals surface area contributed by atoms with Gasteiger partial charge in [0.1, 0.15) is 12.4 Å². The molecule has 1 aliphatic heterocycles. The van der Waals surface area contributed by atoms with E-state index in [2.05, 4.69) is 10.6 Å². The maximum atomic E-state index is 11.5. The molecule has 2 aromatic carbocycles. The summed E-state index contributed by atoms with van der Waals surface area (Å²) in [6.07, 6.45) is 0.847. The molecule has 1 atom stereocenters. The van der Waals surface area contributed by atoms with Crippen molar-refractivity contribution in [1.29, 1.82) is 0 Å². The lowest BCUT2D eigenvalue weighted by Gasteiger charge is -2.11. The first-order chi connectivity index (χ1) is 11.2. The number of carbonyl (C=O) groups is 1. The summed E-state index contributed by atoms with van der Waals surface area (Å²) in [5.74, 6) is 0.902. The lowest BCUT2D eigenvalue weighted by molar-refractivity contribution is -0.120. The zero-order valence-electron chi connectivity index (χ0n) is 12.7. The summed E-state index contributed by atoms with van der Waals surface area (Å²) in [6, 6.07) is 15.5. The molecule has 0 unspecified atom stereocenters. The highest BCUT2D eigenvalue weighted by Crippen LogP contribution is 2.16. The SMILES string of the molecule is O=C1NCC[C@@H]1NCc1ccc(OCc2cccc(Cl)c2)cc1. The fourth-order valence-corrected chi connectivity index (χ4v) is 2.74. The monoisotopic (exact) mass is 330 g/mol. The number of hydrogen-bond acceptors (Lipinski definition) is 3. The molecule has 4 nitrogen and oxygen atoms in total. The van der Waals surface area contributed by atoms with Crippen LogP contribution in [0.25, 0.3) is 0 Å². The Labute approximate surface area is 140 Å². The Morgan fingerprint density at radius 2 is 2.00 bits per heavy atom. The van der Waals surface area contributed by atoms with Gasteiger partial charge in [-0.25, -0.2) is 0 Å². The average molecular weight is 331 g/mol. The minimum Gasteiger partial charge on any atom is -0.489 e. The second kappa shape index (κ2) is 7.49. The molecule has 2 N–H and O–H groups in total. The average Bonchev–Trinajstić information content (AvgIpc) is 2.97. The van der Waals surface area contributed by atoms with Crippen molar-refractivity contribution in [2.45, 2.75) is 25.6 Å². The predicted octanol–water partition coefficient (Wildman–Crippen LogP) is 2.90. The van der Waals surface area contributed by atoms with E-state index in [9.17, 15) is 4.79 Å². The van der Waals surface area contributed by atoms with Gasteiger partial charge in [0.05, 0.1) is 6.04 Å². The van der Waals surface area contributed by atoms with Crippen LogP contribution in [0.5, 0.6) is 5.75 Å². The third-order valence-electron chi connectivity index (χ3n) is 3.82. The summed E-state index contributed by atoms with van der Waals surface area (Å²) in [6.45, 7) is 1.92. The van der Waals surface area contributed by atoms with Crippen molar-refractivity contribution < 1.29 is 9.53 Å². The summed E-state index contributed by atoms with van der Waals surface area (Å²) in [5, 5.41) is 6.80. The van der Waals surface area contributed by atoms with Gasteiger partial charge in [-0.1, -0.05) is 35.9 Å². The summed E-state index contributed by atoms with van der Waals surface area (Å²) in [4.78, 5) is 11.5. The maximum absolute atomic E-state index is 11.5. The van der Waals surface area contributed by atoms with E-state index in [4.69, 9.17) is 16.3 Å². The highest BCUT2D eigenvalue weighted by Gasteiger charge is 2.22. The Hall–Kier alpha value is -2.04. The summed E-state index contributed by atoms with van der Waals surface area (Å²) in [7, 11) is 0. The number of ether oxygens (including phenoxy) is 1. The number of amides is 1. The molecule has 1 aliphatic rings. The number of rotatable bonds is 6. The van der Waals surface area contributed by atoms with Gasteiger partial charge >= 0.3 is 0 Å². The number of halogens is 1. The Bertz CT molecular complexity index is 673. The van der Waals surface area contributed by atoms with Crippen LogP contribution < -0.4 is 15.4 Å². The third kappa shape index (κ3) is 4.47. The van der Waals surface area contributed by atoms with E-state index in [-0.39, 0.29) is 11.9 Å². The van der Waals surface area contributed by atoms with Gasteiger partial charge in [0, 0.05) is 18.1 Å². The number of carbonyl (C=O) groups excluding carboxylic acids is 1. The van der Waals surface area contributed by atoms with Crippen LogP contribution in [0.4, 0.5) is 0 Å². The molecular weight excluding hydrogens is 312 g/mol. The van der Waals surface area contributed by atoms with Crippen LogP contribution >= 0.6 is 11.6 Å². The first kappa shape index (κ1) is 15.8. The molecule has 1 heterocycles. The minimum absolute atomic E-state index is 0.0752. The summed E-state index contributed by atoms with van der Waals surface area (Å²) >= 11 is 5.96. The predicted molar refractivity (Wildman–Crippen MR) is 90.5 cm³/mol. The van der Waals surface area contributed by atoms with Gasteiger partial charge in [0.2, 0.25) is 5.91 Å². The van der Waals surface area contributed by atoms with E-state index in [0.717, 1.165) is 29.8 Å². The molecule has 0 aliphatic carbocycles. The molecule has 1 fully saturated rings. The zero-order valence-corrected chi connectivity index (χ0v) is 13.5. The van der Waals surface area contributed by atoms with Crippen LogP contribution in [-0.2, 0) is 17.9 Å². The molecule has 120 valence electrons. The molecule has 0 aromatic heterocycles. The third-order valence-corrected chi connectivity index (χ3v) is 4.05. The smallest absolute Gasteiger partial charge is 0.237 e. The van der Waals surface area contributed by atoms with Crippen molar-refractivity contribution in [2.75, 3.05) is 6.54 Å². The van der Waals surface area contributed by atoms with Crippen LogP contribution in [0, 0.1) is 0 Å². The Balaban J connectivity index is 1.49. The quantitative estimate of drug-likeness (QED) is 0.856. The zero-order chi connectivity index (χ0) is 16.1. The van der Waals surface area contributed by atoms with Gasteiger partial charge in [0.15, 0.2) is 0 Å². The van der Waals surface area contributed by atoms with Gasteiger partial charge in [-0.3, -0.25) is 4.79 Å². The van der Waals surface area contributed by atoms with Gasteiger partial charge in [-0.05, 0) is 41.8 Å². The van der Waals surface area contributed by atoms with Gasteiger partial charge < -0.3 is 15.4 Å². The van der Waals surface area contributed by atoms with Crippen molar-refractivity contribution in [3.8, 4) is 5.75 Å². The highest BCUT2D eigenvalue weighted by molar-refractivity contribution is 6.30. The van der Waals surface area contributed by atoms with E-state index in [0.29, 0.717) is 18.2 Å². The van der Waals surface area contributed by atoms with Gasteiger partial charge in [-0.15, -0.1) is 0 Å². The lowest BCUT2D eigenvalue weighted by Crippen LogP contribution is -2.35. The van der Waals surface area contributed by atoms with Crippen LogP contribution in [0.3, 0.4) is 0 Å². The van der Waals surface area contributed by atoms with Crippen molar-refractivity contribution in [2.24, 2.45) is 0 Å². The topological polar surface area (TPSA) is 50.4 Å². The van der Waals surface area contributed by atoms with E-state index >= 15 is 0 Å². The molecule has 23 heavy (non-hydrogen) atoms. The Morgan fingerprint density at radius 1 is 1.17 bits per heavy atom. The molecule has 1 saturated heterocycles. The highest BCUT2D eigenvalue weighted by atomic mass is 35.5. The molecule has 0 radical (unpaired) electrons. The molecule has 0 spiro atoms. The molecular formula is C18H19ClN2O2. The second-order valence-electron chi connectivity index (χ2n) is 5.58. The van der Waals surface area contributed by atoms with E-state index in [1.54, 1.807) is 0 Å². The van der Waals surface area contributed by atoms with Crippen LogP contribution in [0.2, 0.25) is 5.02 Å². The summed E-state index contributed by atoms with van der Waals surface area (Å²) < 4.78 is 5.75. The maximum Gasteiger partial charge on any atom is 0.237 e. The van der Waals surface area contributed by atoms with E-state index in [1.165, 1.54) is 0 Å². The van der Waals surface area contributed by atoms with Crippen LogP contribution in [0.15, 0.2) is 48.5 Å². The first-order valence-electron chi connectivity index (χ1n) is 7.68. The minimum atomic E-state index is -0.0752. The van der Waals surface area contributed by atoms with Crippen molar-refractivity contribution in [3.05, 3.63) is 64.7 Å². The van der Waals surface area contributed by atoms with E-state index < -0.39 is 0 Å². The standard InChI is InChI=1S/C18H19ClN2O2/c19-15-3-1-2-14(10-15)12-23-16-6-4-13(5-7-16)11-21-17-8-9-20-18(17)22/h1-7,10,17,21H,8-9,11-12H2,(H,20,22)/t17-/m0/s1. The van der Waals surface area contributed by atoms with Crippen molar-refractivity contribution in [3.63, 3.8) is 0 Å². The first-order valence-corrected chi connectivity index (χ1v) is 8.06. The molecule has 2 aromatic rings.